The van der Waals surface area contributed by atoms with E-state index in [4.69, 9.17) is 0 Å². The van der Waals surface area contributed by atoms with E-state index in [0.29, 0.717) is 0 Å². The molecule has 110 valence electrons. The number of ether oxygens (including phenoxy) is 2. The molecule has 0 radical (unpaired) electrons. The van der Waals surface area contributed by atoms with Gasteiger partial charge in [-0.2, -0.15) is 0 Å². The van der Waals surface area contributed by atoms with Gasteiger partial charge in [-0.3, -0.25) is 4.79 Å². The molecule has 1 aromatic rings. The van der Waals surface area contributed by atoms with Crippen molar-refractivity contribution in [2.75, 3.05) is 7.11 Å². The van der Waals surface area contributed by atoms with Crippen LogP contribution in [-0.4, -0.2) is 29.3 Å². The molecule has 0 fully saturated rings. The Labute approximate surface area is 110 Å². The third kappa shape index (κ3) is 4.07. The summed E-state index contributed by atoms with van der Waals surface area (Å²) >= 11 is 0. The lowest BCUT2D eigenvalue weighted by Gasteiger charge is -2.10. The van der Waals surface area contributed by atoms with Crippen molar-refractivity contribution in [1.29, 1.82) is 0 Å². The maximum atomic E-state index is 12.1. The highest BCUT2D eigenvalue weighted by atomic mass is 19.4. The number of esters is 1. The fourth-order valence-electron chi connectivity index (χ4n) is 1.33. The Morgan fingerprint density at radius 1 is 1.50 bits per heavy atom. The van der Waals surface area contributed by atoms with Gasteiger partial charge in [0.25, 0.3) is 0 Å². The summed E-state index contributed by atoms with van der Waals surface area (Å²) in [7, 11) is 1.10. The molecule has 0 saturated heterocycles. The van der Waals surface area contributed by atoms with E-state index in [2.05, 4.69) is 14.5 Å². The zero-order chi connectivity index (χ0) is 15.5. The second kappa shape index (κ2) is 5.72. The van der Waals surface area contributed by atoms with E-state index in [0.717, 1.165) is 13.2 Å². The third-order valence-electron chi connectivity index (χ3n) is 2.20. The van der Waals surface area contributed by atoms with Crippen LogP contribution in [0, 0.1) is 17.0 Å². The van der Waals surface area contributed by atoms with Crippen LogP contribution in [0.25, 0.3) is 0 Å². The molecular formula is C10H9F3N2O5. The summed E-state index contributed by atoms with van der Waals surface area (Å²) in [5.74, 6) is -2.88. The Morgan fingerprint density at radius 3 is 2.55 bits per heavy atom. The normalized spacial score (nSPS) is 11.1. The van der Waals surface area contributed by atoms with E-state index in [9.17, 15) is 28.1 Å². The number of halogens is 3. The molecule has 0 aliphatic rings. The zero-order valence-electron chi connectivity index (χ0n) is 10.4. The van der Waals surface area contributed by atoms with Gasteiger partial charge in [-0.25, -0.2) is 0 Å². The molecule has 10 heteroatoms. The maximum absolute atomic E-state index is 12.1. The molecule has 0 spiro atoms. The molecule has 0 N–H and O–H groups in total. The lowest BCUT2D eigenvalue weighted by atomic mass is 10.1. The lowest BCUT2D eigenvalue weighted by Crippen LogP contribution is -2.19. The molecule has 0 saturated carbocycles. The molecule has 0 unspecified atom stereocenters. The third-order valence-corrected chi connectivity index (χ3v) is 2.20. The molecule has 0 bridgehead atoms. The first-order valence-corrected chi connectivity index (χ1v) is 5.11. The van der Waals surface area contributed by atoms with Crippen molar-refractivity contribution < 1.29 is 32.4 Å². The summed E-state index contributed by atoms with van der Waals surface area (Å²) in [5.41, 5.74) is 0.0818. The van der Waals surface area contributed by atoms with Gasteiger partial charge in [0.15, 0.2) is 5.69 Å². The van der Waals surface area contributed by atoms with Crippen molar-refractivity contribution in [2.45, 2.75) is 19.7 Å². The van der Waals surface area contributed by atoms with Gasteiger partial charge >= 0.3 is 18.1 Å². The van der Waals surface area contributed by atoms with Crippen molar-refractivity contribution in [2.24, 2.45) is 0 Å². The number of aromatic nitrogens is 1. The van der Waals surface area contributed by atoms with Crippen LogP contribution in [-0.2, 0) is 16.0 Å². The summed E-state index contributed by atoms with van der Waals surface area (Å²) in [6.07, 6.45) is -5.47. The minimum atomic E-state index is -5.08. The second-order valence-electron chi connectivity index (χ2n) is 3.63. The SMILES string of the molecule is COC(=O)Cc1nc([N+](=O)[O-])c(OC(F)(F)F)cc1C. The second-order valence-corrected chi connectivity index (χ2v) is 3.63. The number of pyridine rings is 1. The number of alkyl halides is 3. The Bertz CT molecular complexity index is 544. The minimum absolute atomic E-state index is 0.0573. The Hall–Kier alpha value is -2.39. The van der Waals surface area contributed by atoms with E-state index in [-0.39, 0.29) is 11.3 Å². The summed E-state index contributed by atoms with van der Waals surface area (Å²) in [6.45, 7) is 1.35. The van der Waals surface area contributed by atoms with Gasteiger partial charge in [-0.15, -0.1) is 13.2 Å². The van der Waals surface area contributed by atoms with Crippen LogP contribution in [0.15, 0.2) is 6.07 Å². The fourth-order valence-corrected chi connectivity index (χ4v) is 1.33. The molecule has 0 aliphatic carbocycles. The summed E-state index contributed by atoms with van der Waals surface area (Å²) in [4.78, 5) is 24.1. The molecule has 1 heterocycles. The lowest BCUT2D eigenvalue weighted by molar-refractivity contribution is -0.393. The van der Waals surface area contributed by atoms with Gasteiger partial charge in [0.1, 0.15) is 6.42 Å². The Balaban J connectivity index is 3.24. The van der Waals surface area contributed by atoms with Gasteiger partial charge < -0.3 is 19.6 Å². The molecular weight excluding hydrogens is 285 g/mol. The summed E-state index contributed by atoms with van der Waals surface area (Å²) < 4.78 is 44.3. The van der Waals surface area contributed by atoms with Crippen LogP contribution in [0.1, 0.15) is 11.3 Å². The van der Waals surface area contributed by atoms with E-state index in [1.165, 1.54) is 6.92 Å². The van der Waals surface area contributed by atoms with Crippen molar-refractivity contribution >= 4 is 11.8 Å². The molecule has 20 heavy (non-hydrogen) atoms. The number of carbonyl (C=O) groups excluding carboxylic acids is 1. The fraction of sp³-hybridized carbons (Fsp3) is 0.400. The van der Waals surface area contributed by atoms with E-state index < -0.39 is 35.2 Å². The quantitative estimate of drug-likeness (QED) is 0.478. The first kappa shape index (κ1) is 15.7. The number of nitro groups is 1. The van der Waals surface area contributed by atoms with Crippen LogP contribution >= 0.6 is 0 Å². The van der Waals surface area contributed by atoms with Crippen LogP contribution in [0.4, 0.5) is 19.0 Å². The highest BCUT2D eigenvalue weighted by molar-refractivity contribution is 5.72. The number of nitrogens with zero attached hydrogens (tertiary/aromatic N) is 2. The topological polar surface area (TPSA) is 91.6 Å². The first-order valence-electron chi connectivity index (χ1n) is 5.11. The molecule has 7 nitrogen and oxygen atoms in total. The number of rotatable bonds is 4. The highest BCUT2D eigenvalue weighted by Gasteiger charge is 2.36. The van der Waals surface area contributed by atoms with Crippen molar-refractivity contribution in [3.05, 3.63) is 27.4 Å². The van der Waals surface area contributed by atoms with E-state index >= 15 is 0 Å². The van der Waals surface area contributed by atoms with E-state index in [1.54, 1.807) is 0 Å². The molecule has 1 aromatic heterocycles. The van der Waals surface area contributed by atoms with Gasteiger partial charge in [0, 0.05) is 5.56 Å². The van der Waals surface area contributed by atoms with Crippen molar-refractivity contribution in [3.8, 4) is 5.75 Å². The Morgan fingerprint density at radius 2 is 2.10 bits per heavy atom. The first-order chi connectivity index (χ1) is 9.14. The number of hydrogen-bond donors (Lipinski definition) is 0. The van der Waals surface area contributed by atoms with Gasteiger partial charge in [0.2, 0.25) is 5.75 Å². The predicted octanol–water partition coefficient (Wildman–Crippen LogP) is 1.91. The summed E-state index contributed by atoms with van der Waals surface area (Å²) in [5, 5.41) is 10.7. The molecule has 0 atom stereocenters. The number of methoxy groups -OCH3 is 1. The van der Waals surface area contributed by atoms with Crippen LogP contribution in [0.3, 0.4) is 0 Å². The smallest absolute Gasteiger partial charge is 0.469 e. The number of carbonyl (C=O) groups is 1. The predicted molar refractivity (Wildman–Crippen MR) is 58.0 cm³/mol. The number of hydrogen-bond acceptors (Lipinski definition) is 6. The van der Waals surface area contributed by atoms with Crippen LogP contribution < -0.4 is 4.74 Å². The minimum Gasteiger partial charge on any atom is -0.469 e. The van der Waals surface area contributed by atoms with Gasteiger partial charge in [-0.1, -0.05) is 0 Å². The Kier molecular flexibility index (Phi) is 4.48. The number of aryl methyl sites for hydroxylation is 1. The molecule has 0 aliphatic heterocycles. The average Bonchev–Trinajstić information content (AvgIpc) is 2.29. The highest BCUT2D eigenvalue weighted by Crippen LogP contribution is 2.32. The van der Waals surface area contributed by atoms with Crippen molar-refractivity contribution in [3.63, 3.8) is 0 Å². The molecule has 0 amide bonds. The van der Waals surface area contributed by atoms with Crippen molar-refractivity contribution in [1.82, 2.24) is 4.98 Å². The van der Waals surface area contributed by atoms with Gasteiger partial charge in [-0.05, 0) is 22.9 Å². The molecule has 0 aromatic carbocycles. The molecule has 1 rings (SSSR count). The standard InChI is InChI=1S/C10H9F3N2O5/c1-5-3-7(20-10(11,12)13)9(15(17)18)14-6(5)4-8(16)19-2/h3H,4H2,1-2H3. The van der Waals surface area contributed by atoms with Gasteiger partial charge in [0.05, 0.1) is 7.11 Å². The largest absolute Gasteiger partial charge is 0.573 e. The summed E-state index contributed by atoms with van der Waals surface area (Å²) in [6, 6.07) is 0.802. The average molecular weight is 294 g/mol. The van der Waals surface area contributed by atoms with Crippen LogP contribution in [0.5, 0.6) is 5.75 Å². The monoisotopic (exact) mass is 294 g/mol. The van der Waals surface area contributed by atoms with E-state index in [1.807, 2.05) is 0 Å². The van der Waals surface area contributed by atoms with Crippen LogP contribution in [0.2, 0.25) is 0 Å². The zero-order valence-corrected chi connectivity index (χ0v) is 10.4. The maximum Gasteiger partial charge on any atom is 0.573 e.